The third kappa shape index (κ3) is 4.28. The first-order valence-electron chi connectivity index (χ1n) is 7.42. The van der Waals surface area contributed by atoms with Crippen LogP contribution in [-0.4, -0.2) is 22.0 Å². The van der Waals surface area contributed by atoms with E-state index in [1.54, 1.807) is 12.4 Å². The topological polar surface area (TPSA) is 79.3 Å². The van der Waals surface area contributed by atoms with Crippen LogP contribution in [0.1, 0.15) is 57.1 Å². The molecule has 0 saturated heterocycles. The van der Waals surface area contributed by atoms with Crippen molar-refractivity contribution in [3.63, 3.8) is 0 Å². The van der Waals surface area contributed by atoms with Gasteiger partial charge in [0.2, 0.25) is 5.91 Å². The van der Waals surface area contributed by atoms with Crippen molar-refractivity contribution >= 4 is 11.9 Å². The molecule has 1 aliphatic carbocycles. The Kier molecular flexibility index (Phi) is 4.94. The maximum Gasteiger partial charge on any atom is 0.303 e. The molecule has 114 valence electrons. The first-order valence-corrected chi connectivity index (χ1v) is 7.42. The van der Waals surface area contributed by atoms with Crippen molar-refractivity contribution in [2.75, 3.05) is 0 Å². The van der Waals surface area contributed by atoms with Gasteiger partial charge in [-0.3, -0.25) is 14.6 Å². The molecular formula is C16H22N2O3. The third-order valence-electron chi connectivity index (χ3n) is 4.29. The van der Waals surface area contributed by atoms with Gasteiger partial charge in [0, 0.05) is 18.8 Å². The fourth-order valence-electron chi connectivity index (χ4n) is 3.21. The number of carboxylic acids is 1. The number of carbonyl (C=O) groups excluding carboxylic acids is 1. The van der Waals surface area contributed by atoms with E-state index in [9.17, 15) is 9.59 Å². The zero-order valence-corrected chi connectivity index (χ0v) is 12.3. The summed E-state index contributed by atoms with van der Waals surface area (Å²) in [6, 6.07) is 3.64. The fourth-order valence-corrected chi connectivity index (χ4v) is 3.21. The molecule has 1 amide bonds. The number of rotatable bonds is 6. The van der Waals surface area contributed by atoms with E-state index in [0.717, 1.165) is 31.2 Å². The van der Waals surface area contributed by atoms with Crippen LogP contribution in [0, 0.1) is 5.41 Å². The molecule has 1 fully saturated rings. The summed E-state index contributed by atoms with van der Waals surface area (Å²) in [6.07, 6.45) is 7.48. The molecule has 0 bridgehead atoms. The molecule has 5 nitrogen and oxygen atoms in total. The Balaban J connectivity index is 1.95. The van der Waals surface area contributed by atoms with Gasteiger partial charge in [0.25, 0.3) is 0 Å². The second-order valence-electron chi connectivity index (χ2n) is 6.03. The minimum absolute atomic E-state index is 0.0745. The summed E-state index contributed by atoms with van der Waals surface area (Å²) in [4.78, 5) is 27.3. The molecule has 1 aromatic rings. The number of nitrogens with one attached hydrogen (secondary N) is 1. The predicted molar refractivity (Wildman–Crippen MR) is 78.6 cm³/mol. The average molecular weight is 290 g/mol. The van der Waals surface area contributed by atoms with Crippen molar-refractivity contribution in [2.24, 2.45) is 5.41 Å². The van der Waals surface area contributed by atoms with E-state index < -0.39 is 5.97 Å². The molecule has 1 heterocycles. The smallest absolute Gasteiger partial charge is 0.303 e. The van der Waals surface area contributed by atoms with Gasteiger partial charge in [0.05, 0.1) is 12.5 Å². The van der Waals surface area contributed by atoms with Crippen LogP contribution in [0.25, 0.3) is 0 Å². The molecule has 0 radical (unpaired) electrons. The molecule has 5 heteroatoms. The lowest BCUT2D eigenvalue weighted by Gasteiger charge is -2.27. The maximum atomic E-state index is 12.2. The molecular weight excluding hydrogens is 268 g/mol. The number of carboxylic acid groups (broad SMARTS) is 1. The van der Waals surface area contributed by atoms with Crippen molar-refractivity contribution in [1.82, 2.24) is 10.3 Å². The van der Waals surface area contributed by atoms with Crippen LogP contribution in [0.15, 0.2) is 24.5 Å². The van der Waals surface area contributed by atoms with Crippen molar-refractivity contribution in [3.05, 3.63) is 30.1 Å². The number of hydrogen-bond donors (Lipinski definition) is 2. The molecule has 2 rings (SSSR count). The first kappa shape index (κ1) is 15.5. The van der Waals surface area contributed by atoms with E-state index in [2.05, 4.69) is 10.3 Å². The largest absolute Gasteiger partial charge is 0.481 e. The number of aliphatic carboxylic acids is 1. The van der Waals surface area contributed by atoms with E-state index >= 15 is 0 Å². The van der Waals surface area contributed by atoms with Crippen molar-refractivity contribution < 1.29 is 14.7 Å². The number of carbonyl (C=O) groups is 2. The van der Waals surface area contributed by atoms with Gasteiger partial charge in [-0.05, 0) is 36.8 Å². The second-order valence-corrected chi connectivity index (χ2v) is 6.03. The Labute approximate surface area is 124 Å². The number of nitrogens with zero attached hydrogens (tertiary/aromatic N) is 1. The Bertz CT molecular complexity index is 496. The third-order valence-corrected chi connectivity index (χ3v) is 4.29. The lowest BCUT2D eigenvalue weighted by atomic mass is 9.79. The number of amides is 1. The van der Waals surface area contributed by atoms with E-state index in [0.29, 0.717) is 6.42 Å². The number of aromatic nitrogens is 1. The van der Waals surface area contributed by atoms with Crippen LogP contribution in [0.2, 0.25) is 0 Å². The van der Waals surface area contributed by atoms with Gasteiger partial charge in [-0.15, -0.1) is 0 Å². The highest BCUT2D eigenvalue weighted by molar-refractivity contribution is 5.78. The van der Waals surface area contributed by atoms with Crippen LogP contribution in [0.4, 0.5) is 0 Å². The van der Waals surface area contributed by atoms with Crippen LogP contribution < -0.4 is 5.32 Å². The monoisotopic (exact) mass is 290 g/mol. The molecule has 1 aliphatic rings. The SMILES string of the molecule is CC(NC(=O)CC1(CC(=O)O)CCCC1)c1cccnc1. The fraction of sp³-hybridized carbons (Fsp3) is 0.562. The van der Waals surface area contributed by atoms with E-state index in [1.807, 2.05) is 19.1 Å². The molecule has 2 N–H and O–H groups in total. The minimum Gasteiger partial charge on any atom is -0.481 e. The molecule has 1 atom stereocenters. The van der Waals surface area contributed by atoms with Gasteiger partial charge < -0.3 is 10.4 Å². The highest BCUT2D eigenvalue weighted by Crippen LogP contribution is 2.44. The summed E-state index contributed by atoms with van der Waals surface area (Å²) in [5.41, 5.74) is 0.592. The summed E-state index contributed by atoms with van der Waals surface area (Å²) < 4.78 is 0. The Hall–Kier alpha value is -1.91. The molecule has 1 unspecified atom stereocenters. The summed E-state index contributed by atoms with van der Waals surface area (Å²) in [6.45, 7) is 1.91. The van der Waals surface area contributed by atoms with Crippen molar-refractivity contribution in [2.45, 2.75) is 51.5 Å². The number of pyridine rings is 1. The van der Waals surface area contributed by atoms with Crippen LogP contribution in [-0.2, 0) is 9.59 Å². The average Bonchev–Trinajstić information content (AvgIpc) is 2.86. The molecule has 0 aliphatic heterocycles. The first-order chi connectivity index (χ1) is 10.0. The van der Waals surface area contributed by atoms with Gasteiger partial charge in [0.1, 0.15) is 0 Å². The van der Waals surface area contributed by atoms with Gasteiger partial charge >= 0.3 is 5.97 Å². The highest BCUT2D eigenvalue weighted by atomic mass is 16.4. The van der Waals surface area contributed by atoms with Crippen molar-refractivity contribution in [1.29, 1.82) is 0 Å². The van der Waals surface area contributed by atoms with Crippen LogP contribution in [0.5, 0.6) is 0 Å². The van der Waals surface area contributed by atoms with Crippen molar-refractivity contribution in [3.8, 4) is 0 Å². The summed E-state index contributed by atoms with van der Waals surface area (Å²) in [5.74, 6) is -0.889. The standard InChI is InChI=1S/C16H22N2O3/c1-12(13-5-4-8-17-11-13)18-14(19)9-16(10-15(20)21)6-2-3-7-16/h4-5,8,11-12H,2-3,6-7,9-10H2,1H3,(H,18,19)(H,20,21). The molecule has 0 spiro atoms. The van der Waals surface area contributed by atoms with E-state index in [-0.39, 0.29) is 23.8 Å². The van der Waals surface area contributed by atoms with Gasteiger partial charge in [-0.25, -0.2) is 0 Å². The van der Waals surface area contributed by atoms with E-state index in [4.69, 9.17) is 5.11 Å². The van der Waals surface area contributed by atoms with Crippen LogP contribution >= 0.6 is 0 Å². The molecule has 1 aromatic heterocycles. The lowest BCUT2D eigenvalue weighted by molar-refractivity contribution is -0.140. The highest BCUT2D eigenvalue weighted by Gasteiger charge is 2.38. The normalized spacial score (nSPS) is 18.1. The summed E-state index contributed by atoms with van der Waals surface area (Å²) >= 11 is 0. The molecule has 21 heavy (non-hydrogen) atoms. The summed E-state index contributed by atoms with van der Waals surface area (Å²) in [7, 11) is 0. The quantitative estimate of drug-likeness (QED) is 0.844. The minimum atomic E-state index is -0.815. The number of hydrogen-bond acceptors (Lipinski definition) is 3. The van der Waals surface area contributed by atoms with Gasteiger partial charge in [-0.1, -0.05) is 18.9 Å². The van der Waals surface area contributed by atoms with E-state index in [1.165, 1.54) is 0 Å². The Morgan fingerprint density at radius 1 is 1.38 bits per heavy atom. The van der Waals surface area contributed by atoms with Gasteiger partial charge in [0.15, 0.2) is 0 Å². The molecule has 1 saturated carbocycles. The van der Waals surface area contributed by atoms with Gasteiger partial charge in [-0.2, -0.15) is 0 Å². The Morgan fingerprint density at radius 2 is 2.10 bits per heavy atom. The predicted octanol–water partition coefficient (Wildman–Crippen LogP) is 2.68. The maximum absolute atomic E-state index is 12.2. The second kappa shape index (κ2) is 6.70. The summed E-state index contributed by atoms with van der Waals surface area (Å²) in [5, 5.41) is 12.0. The lowest BCUT2D eigenvalue weighted by Crippen LogP contribution is -2.33. The zero-order chi connectivity index (χ0) is 15.3. The van der Waals surface area contributed by atoms with Crippen LogP contribution in [0.3, 0.4) is 0 Å². The molecule has 0 aromatic carbocycles. The Morgan fingerprint density at radius 3 is 2.67 bits per heavy atom. The zero-order valence-electron chi connectivity index (χ0n) is 12.3.